The molecule has 1 aromatic carbocycles. The summed E-state index contributed by atoms with van der Waals surface area (Å²) in [6.07, 6.45) is 3.79. The SMILES string of the molecule is CSC1=N/C(=C\c2ccccc2)C(=O)N1CN1CCOCC1. The van der Waals surface area contributed by atoms with Crippen LogP contribution in [0.15, 0.2) is 41.0 Å². The minimum absolute atomic E-state index is 0.0281. The average Bonchev–Trinajstić information content (AvgIpc) is 2.86. The van der Waals surface area contributed by atoms with Gasteiger partial charge in [0.05, 0.1) is 19.9 Å². The van der Waals surface area contributed by atoms with Crippen molar-refractivity contribution in [3.63, 3.8) is 0 Å². The molecule has 0 spiro atoms. The van der Waals surface area contributed by atoms with Crippen LogP contribution in [-0.4, -0.2) is 60.1 Å². The average molecular weight is 317 g/mol. The lowest BCUT2D eigenvalue weighted by Crippen LogP contribution is -2.46. The first kappa shape index (κ1) is 15.3. The Labute approximate surface area is 134 Å². The molecule has 0 radical (unpaired) electrons. The second-order valence-corrected chi connectivity index (χ2v) is 5.92. The lowest BCUT2D eigenvalue weighted by molar-refractivity contribution is -0.124. The zero-order valence-corrected chi connectivity index (χ0v) is 13.4. The van der Waals surface area contributed by atoms with Gasteiger partial charge < -0.3 is 4.74 Å². The molecular formula is C16H19N3O2S. The van der Waals surface area contributed by atoms with Crippen molar-refractivity contribution < 1.29 is 9.53 Å². The number of amides is 1. The highest BCUT2D eigenvalue weighted by Crippen LogP contribution is 2.23. The van der Waals surface area contributed by atoms with E-state index in [4.69, 9.17) is 4.74 Å². The van der Waals surface area contributed by atoms with Crippen molar-refractivity contribution in [3.05, 3.63) is 41.6 Å². The molecule has 0 saturated carbocycles. The fourth-order valence-electron chi connectivity index (χ4n) is 2.46. The highest BCUT2D eigenvalue weighted by Gasteiger charge is 2.31. The lowest BCUT2D eigenvalue weighted by atomic mass is 10.2. The highest BCUT2D eigenvalue weighted by atomic mass is 32.2. The zero-order chi connectivity index (χ0) is 15.4. The summed E-state index contributed by atoms with van der Waals surface area (Å²) in [7, 11) is 0. The number of nitrogens with zero attached hydrogens (tertiary/aromatic N) is 3. The van der Waals surface area contributed by atoms with Crippen molar-refractivity contribution in [2.75, 3.05) is 39.2 Å². The summed E-state index contributed by atoms with van der Waals surface area (Å²) in [5.74, 6) is -0.0281. The van der Waals surface area contributed by atoms with Crippen LogP contribution in [0.3, 0.4) is 0 Å². The van der Waals surface area contributed by atoms with Gasteiger partial charge in [-0.15, -0.1) is 0 Å². The van der Waals surface area contributed by atoms with E-state index in [1.54, 1.807) is 4.90 Å². The zero-order valence-electron chi connectivity index (χ0n) is 12.6. The summed E-state index contributed by atoms with van der Waals surface area (Å²) in [4.78, 5) is 21.1. The van der Waals surface area contributed by atoms with Crippen LogP contribution in [0, 0.1) is 0 Å². The summed E-state index contributed by atoms with van der Waals surface area (Å²) in [5, 5.41) is 0.763. The number of thioether (sulfide) groups is 1. The van der Waals surface area contributed by atoms with Gasteiger partial charge in [-0.2, -0.15) is 0 Å². The van der Waals surface area contributed by atoms with Crippen LogP contribution in [0.25, 0.3) is 6.08 Å². The number of ether oxygens (including phenoxy) is 1. The molecule has 2 aliphatic heterocycles. The monoisotopic (exact) mass is 317 g/mol. The minimum atomic E-state index is -0.0281. The first-order chi connectivity index (χ1) is 10.8. The third-order valence-electron chi connectivity index (χ3n) is 3.64. The summed E-state index contributed by atoms with van der Waals surface area (Å²) < 4.78 is 5.35. The van der Waals surface area contributed by atoms with Crippen LogP contribution >= 0.6 is 11.8 Å². The Balaban J connectivity index is 1.77. The van der Waals surface area contributed by atoms with E-state index in [0.717, 1.165) is 37.0 Å². The van der Waals surface area contributed by atoms with E-state index in [1.807, 2.05) is 42.7 Å². The number of hydrogen-bond donors (Lipinski definition) is 0. The van der Waals surface area contributed by atoms with Crippen molar-refractivity contribution in [2.24, 2.45) is 4.99 Å². The molecule has 22 heavy (non-hydrogen) atoms. The Hall–Kier alpha value is -1.63. The van der Waals surface area contributed by atoms with Gasteiger partial charge in [-0.25, -0.2) is 4.99 Å². The highest BCUT2D eigenvalue weighted by molar-refractivity contribution is 8.13. The van der Waals surface area contributed by atoms with Gasteiger partial charge >= 0.3 is 0 Å². The van der Waals surface area contributed by atoms with Gasteiger partial charge in [-0.3, -0.25) is 14.6 Å². The smallest absolute Gasteiger partial charge is 0.279 e. The van der Waals surface area contributed by atoms with E-state index < -0.39 is 0 Å². The van der Waals surface area contributed by atoms with Gasteiger partial charge in [-0.05, 0) is 17.9 Å². The van der Waals surface area contributed by atoms with Gasteiger partial charge in [0.15, 0.2) is 5.17 Å². The van der Waals surface area contributed by atoms with Crippen LogP contribution in [0.4, 0.5) is 0 Å². The molecule has 0 atom stereocenters. The van der Waals surface area contributed by atoms with Crippen molar-refractivity contribution in [1.29, 1.82) is 0 Å². The summed E-state index contributed by atoms with van der Waals surface area (Å²) in [5.41, 5.74) is 1.49. The number of carbonyl (C=O) groups excluding carboxylic acids is 1. The van der Waals surface area contributed by atoms with Crippen LogP contribution < -0.4 is 0 Å². The number of morpholine rings is 1. The molecular weight excluding hydrogens is 298 g/mol. The van der Waals surface area contributed by atoms with E-state index in [9.17, 15) is 4.79 Å². The fourth-order valence-corrected chi connectivity index (χ4v) is 3.01. The molecule has 0 aliphatic carbocycles. The van der Waals surface area contributed by atoms with E-state index >= 15 is 0 Å². The number of amidine groups is 1. The molecule has 1 fully saturated rings. The quantitative estimate of drug-likeness (QED) is 0.799. The molecule has 6 heteroatoms. The van der Waals surface area contributed by atoms with Gasteiger partial charge in [0.2, 0.25) is 0 Å². The van der Waals surface area contributed by atoms with Crippen LogP contribution in [-0.2, 0) is 9.53 Å². The van der Waals surface area contributed by atoms with Crippen molar-refractivity contribution >= 4 is 28.9 Å². The predicted molar refractivity (Wildman–Crippen MR) is 89.5 cm³/mol. The Bertz CT molecular complexity index is 595. The molecule has 0 aromatic heterocycles. The minimum Gasteiger partial charge on any atom is -0.379 e. The van der Waals surface area contributed by atoms with Gasteiger partial charge in [0.1, 0.15) is 5.70 Å². The summed E-state index contributed by atoms with van der Waals surface area (Å²) in [6.45, 7) is 3.72. The largest absolute Gasteiger partial charge is 0.379 e. The van der Waals surface area contributed by atoms with Crippen LogP contribution in [0.2, 0.25) is 0 Å². The molecule has 2 aliphatic rings. The molecule has 1 amide bonds. The molecule has 3 rings (SSSR count). The van der Waals surface area contributed by atoms with Crippen LogP contribution in [0.5, 0.6) is 0 Å². The lowest BCUT2D eigenvalue weighted by Gasteiger charge is -2.30. The maximum Gasteiger partial charge on any atom is 0.279 e. The molecule has 116 valence electrons. The third kappa shape index (κ3) is 3.40. The Morgan fingerprint density at radius 3 is 2.68 bits per heavy atom. The first-order valence-electron chi connectivity index (χ1n) is 7.29. The standard InChI is InChI=1S/C16H19N3O2S/c1-22-16-17-14(11-13-5-3-2-4-6-13)15(20)19(16)12-18-7-9-21-10-8-18/h2-6,11H,7-10,12H2,1H3/b14-11-. The van der Waals surface area contributed by atoms with Crippen molar-refractivity contribution in [2.45, 2.75) is 0 Å². The summed E-state index contributed by atoms with van der Waals surface area (Å²) >= 11 is 1.50. The fraction of sp³-hybridized carbons (Fsp3) is 0.375. The number of hydrogen-bond acceptors (Lipinski definition) is 5. The maximum atomic E-state index is 12.6. The van der Waals surface area contributed by atoms with Gasteiger partial charge in [0, 0.05) is 13.1 Å². The van der Waals surface area contributed by atoms with Gasteiger partial charge in [0.25, 0.3) is 5.91 Å². The third-order valence-corrected chi connectivity index (χ3v) is 4.32. The molecule has 1 saturated heterocycles. The molecule has 1 aromatic rings. The van der Waals surface area contributed by atoms with Gasteiger partial charge in [-0.1, -0.05) is 42.1 Å². The number of carbonyl (C=O) groups is 1. The predicted octanol–water partition coefficient (Wildman–Crippen LogP) is 1.88. The second kappa shape index (κ2) is 7.09. The van der Waals surface area contributed by atoms with E-state index in [2.05, 4.69) is 9.89 Å². The van der Waals surface area contributed by atoms with E-state index in [0.29, 0.717) is 12.4 Å². The number of aliphatic imine (C=N–C) groups is 1. The molecule has 0 unspecified atom stereocenters. The molecule has 2 heterocycles. The number of rotatable bonds is 3. The molecule has 0 N–H and O–H groups in total. The normalized spacial score (nSPS) is 21.5. The van der Waals surface area contributed by atoms with E-state index in [1.165, 1.54) is 11.8 Å². The van der Waals surface area contributed by atoms with Crippen molar-refractivity contribution in [1.82, 2.24) is 9.80 Å². The maximum absolute atomic E-state index is 12.6. The Kier molecular flexibility index (Phi) is 4.92. The topological polar surface area (TPSA) is 45.1 Å². The van der Waals surface area contributed by atoms with Crippen LogP contribution in [0.1, 0.15) is 5.56 Å². The Morgan fingerprint density at radius 1 is 1.27 bits per heavy atom. The van der Waals surface area contributed by atoms with E-state index in [-0.39, 0.29) is 5.91 Å². The molecule has 5 nitrogen and oxygen atoms in total. The second-order valence-electron chi connectivity index (χ2n) is 5.14. The Morgan fingerprint density at radius 2 is 2.00 bits per heavy atom. The molecule has 0 bridgehead atoms. The first-order valence-corrected chi connectivity index (χ1v) is 8.52. The van der Waals surface area contributed by atoms with Crippen molar-refractivity contribution in [3.8, 4) is 0 Å². The number of benzene rings is 1. The summed E-state index contributed by atoms with van der Waals surface area (Å²) in [6, 6.07) is 9.81.